The van der Waals surface area contributed by atoms with E-state index in [9.17, 15) is 14.4 Å². The van der Waals surface area contributed by atoms with Crippen molar-refractivity contribution >= 4 is 39.9 Å². The van der Waals surface area contributed by atoms with E-state index < -0.39 is 6.04 Å². The zero-order valence-corrected chi connectivity index (χ0v) is 15.9. The van der Waals surface area contributed by atoms with E-state index in [1.807, 2.05) is 0 Å². The molecule has 0 unspecified atom stereocenters. The Morgan fingerprint density at radius 3 is 2.81 bits per heavy atom. The van der Waals surface area contributed by atoms with Crippen LogP contribution in [0, 0.1) is 5.92 Å². The van der Waals surface area contributed by atoms with Crippen LogP contribution in [0.3, 0.4) is 0 Å². The van der Waals surface area contributed by atoms with E-state index in [1.54, 1.807) is 24.3 Å². The lowest BCUT2D eigenvalue weighted by atomic mass is 10.1. The number of carbonyl (C=O) groups is 3. The number of nitrogens with zero attached hydrogens (tertiary/aromatic N) is 2. The van der Waals surface area contributed by atoms with Gasteiger partial charge in [0.2, 0.25) is 16.9 Å². The van der Waals surface area contributed by atoms with Gasteiger partial charge in [0.25, 0.3) is 5.91 Å². The first kappa shape index (κ1) is 19.0. The molecule has 1 atom stereocenters. The van der Waals surface area contributed by atoms with Crippen LogP contribution in [0.15, 0.2) is 24.3 Å². The largest absolute Gasteiger partial charge is 0.340 e. The number of aromatic nitrogens is 2. The van der Waals surface area contributed by atoms with E-state index in [1.165, 1.54) is 11.3 Å². The molecule has 0 spiro atoms. The molecule has 142 valence electrons. The van der Waals surface area contributed by atoms with Gasteiger partial charge in [-0.2, -0.15) is 0 Å². The molecule has 8 nitrogen and oxygen atoms in total. The Morgan fingerprint density at radius 1 is 1.26 bits per heavy atom. The third-order valence-corrected chi connectivity index (χ3v) is 4.87. The van der Waals surface area contributed by atoms with Crippen LogP contribution in [-0.4, -0.2) is 34.0 Å². The monoisotopic (exact) mass is 387 g/mol. The molecule has 0 saturated carbocycles. The van der Waals surface area contributed by atoms with Crippen molar-refractivity contribution in [2.24, 2.45) is 5.92 Å². The lowest BCUT2D eigenvalue weighted by molar-refractivity contribution is -0.118. The predicted octanol–water partition coefficient (Wildman–Crippen LogP) is 2.21. The second kappa shape index (κ2) is 8.26. The zero-order chi connectivity index (χ0) is 19.4. The minimum Gasteiger partial charge on any atom is -0.340 e. The normalized spacial score (nSPS) is 16.3. The zero-order valence-electron chi connectivity index (χ0n) is 15.1. The number of benzene rings is 1. The molecule has 1 aromatic carbocycles. The highest BCUT2D eigenvalue weighted by Crippen LogP contribution is 2.20. The number of rotatable bonds is 6. The van der Waals surface area contributed by atoms with Crippen LogP contribution in [0.25, 0.3) is 0 Å². The number of amides is 3. The lowest BCUT2D eigenvalue weighted by Crippen LogP contribution is -2.41. The van der Waals surface area contributed by atoms with Crippen molar-refractivity contribution in [2.45, 2.75) is 39.2 Å². The second-order valence-corrected chi connectivity index (χ2v) is 7.81. The van der Waals surface area contributed by atoms with Gasteiger partial charge in [-0.3, -0.25) is 14.4 Å². The first-order valence-electron chi connectivity index (χ1n) is 8.75. The quantitative estimate of drug-likeness (QED) is 0.703. The molecule has 3 amide bonds. The Kier molecular flexibility index (Phi) is 5.80. The molecule has 1 aliphatic heterocycles. The Balaban J connectivity index is 1.55. The minimum atomic E-state index is -0.776. The molecule has 2 aromatic rings. The number of hydrogen-bond acceptors (Lipinski definition) is 6. The summed E-state index contributed by atoms with van der Waals surface area (Å²) in [6, 6.07) is 6.02. The second-order valence-electron chi connectivity index (χ2n) is 6.75. The first-order valence-corrected chi connectivity index (χ1v) is 9.57. The van der Waals surface area contributed by atoms with Crippen LogP contribution in [0.2, 0.25) is 0 Å². The van der Waals surface area contributed by atoms with Crippen molar-refractivity contribution < 1.29 is 14.4 Å². The van der Waals surface area contributed by atoms with Crippen molar-refractivity contribution in [3.05, 3.63) is 34.8 Å². The molecule has 3 N–H and O–H groups in total. The Labute approximate surface area is 160 Å². The SMILES string of the molecule is CC(C)Cc1nnc(NC(=O)CC[C@@H]2NC(=O)c3ccccc3NC2=O)s1. The van der Waals surface area contributed by atoms with Crippen molar-refractivity contribution in [3.63, 3.8) is 0 Å². The summed E-state index contributed by atoms with van der Waals surface area (Å²) < 4.78 is 0. The highest BCUT2D eigenvalue weighted by atomic mass is 32.1. The molecule has 0 saturated heterocycles. The average Bonchev–Trinajstić information content (AvgIpc) is 2.99. The molecule has 9 heteroatoms. The summed E-state index contributed by atoms with van der Waals surface area (Å²) in [5.41, 5.74) is 0.878. The summed E-state index contributed by atoms with van der Waals surface area (Å²) in [5.74, 6) is -0.484. The molecule has 0 bridgehead atoms. The molecule has 2 heterocycles. The predicted molar refractivity (Wildman–Crippen MR) is 103 cm³/mol. The number of para-hydroxylation sites is 1. The molecule has 1 aromatic heterocycles. The average molecular weight is 387 g/mol. The van der Waals surface area contributed by atoms with Crippen LogP contribution >= 0.6 is 11.3 Å². The molecule has 27 heavy (non-hydrogen) atoms. The van der Waals surface area contributed by atoms with Gasteiger partial charge in [-0.05, 0) is 24.5 Å². The van der Waals surface area contributed by atoms with Gasteiger partial charge >= 0.3 is 0 Å². The highest BCUT2D eigenvalue weighted by Gasteiger charge is 2.27. The minimum absolute atomic E-state index is 0.0772. The number of nitrogens with one attached hydrogen (secondary N) is 3. The number of anilines is 2. The molecule has 0 fully saturated rings. The fraction of sp³-hybridized carbons (Fsp3) is 0.389. The highest BCUT2D eigenvalue weighted by molar-refractivity contribution is 7.15. The molecular weight excluding hydrogens is 366 g/mol. The van der Waals surface area contributed by atoms with Crippen LogP contribution in [0.5, 0.6) is 0 Å². The smallest absolute Gasteiger partial charge is 0.254 e. The summed E-state index contributed by atoms with van der Waals surface area (Å²) in [7, 11) is 0. The standard InChI is InChI=1S/C18H21N5O3S/c1-10(2)9-15-22-23-18(27-15)21-14(24)8-7-13-17(26)19-12-6-4-3-5-11(12)16(25)20-13/h3-6,10,13H,7-9H2,1-2H3,(H,19,26)(H,20,25)(H,21,23,24)/t13-/m0/s1. The van der Waals surface area contributed by atoms with E-state index in [4.69, 9.17) is 0 Å². The maximum Gasteiger partial charge on any atom is 0.254 e. The Morgan fingerprint density at radius 2 is 2.04 bits per heavy atom. The maximum atomic E-state index is 12.3. The van der Waals surface area contributed by atoms with Gasteiger partial charge in [0, 0.05) is 12.8 Å². The van der Waals surface area contributed by atoms with Gasteiger partial charge in [-0.25, -0.2) is 0 Å². The van der Waals surface area contributed by atoms with Gasteiger partial charge in [-0.15, -0.1) is 10.2 Å². The van der Waals surface area contributed by atoms with Gasteiger partial charge in [0.15, 0.2) is 0 Å². The first-order chi connectivity index (χ1) is 12.9. The van der Waals surface area contributed by atoms with Crippen molar-refractivity contribution in [1.29, 1.82) is 0 Å². The van der Waals surface area contributed by atoms with Gasteiger partial charge < -0.3 is 16.0 Å². The Bertz CT molecular complexity index is 864. The van der Waals surface area contributed by atoms with E-state index >= 15 is 0 Å². The molecule has 1 aliphatic rings. The molecular formula is C18H21N5O3S. The van der Waals surface area contributed by atoms with Crippen molar-refractivity contribution in [1.82, 2.24) is 15.5 Å². The third-order valence-electron chi connectivity index (χ3n) is 4.01. The van der Waals surface area contributed by atoms with E-state index in [-0.39, 0.29) is 30.6 Å². The molecule has 0 aliphatic carbocycles. The topological polar surface area (TPSA) is 113 Å². The summed E-state index contributed by atoms with van der Waals surface area (Å²) in [4.78, 5) is 36.8. The van der Waals surface area contributed by atoms with E-state index in [0.717, 1.165) is 11.4 Å². The van der Waals surface area contributed by atoms with Crippen LogP contribution < -0.4 is 16.0 Å². The maximum absolute atomic E-state index is 12.3. The fourth-order valence-corrected chi connectivity index (χ4v) is 3.68. The fourth-order valence-electron chi connectivity index (χ4n) is 2.71. The van der Waals surface area contributed by atoms with Crippen LogP contribution in [0.4, 0.5) is 10.8 Å². The Hall–Kier alpha value is -2.81. The summed E-state index contributed by atoms with van der Waals surface area (Å²) in [5, 5.41) is 17.4. The number of hydrogen-bond donors (Lipinski definition) is 3. The molecule has 3 rings (SSSR count). The van der Waals surface area contributed by atoms with Gasteiger partial charge in [0.05, 0.1) is 11.3 Å². The molecule has 0 radical (unpaired) electrons. The summed E-state index contributed by atoms with van der Waals surface area (Å²) in [6.45, 7) is 4.17. The summed E-state index contributed by atoms with van der Waals surface area (Å²) in [6.07, 6.45) is 1.07. The van der Waals surface area contributed by atoms with Crippen molar-refractivity contribution in [3.8, 4) is 0 Å². The number of fused-ring (bicyclic) bond motifs is 1. The van der Waals surface area contributed by atoms with Gasteiger partial charge in [0.1, 0.15) is 11.0 Å². The third kappa shape index (κ3) is 4.88. The van der Waals surface area contributed by atoms with E-state index in [0.29, 0.717) is 22.3 Å². The van der Waals surface area contributed by atoms with Gasteiger partial charge in [-0.1, -0.05) is 37.3 Å². The van der Waals surface area contributed by atoms with Crippen LogP contribution in [0.1, 0.15) is 42.1 Å². The number of carbonyl (C=O) groups excluding carboxylic acids is 3. The van der Waals surface area contributed by atoms with Crippen molar-refractivity contribution in [2.75, 3.05) is 10.6 Å². The lowest BCUT2D eigenvalue weighted by Gasteiger charge is -2.13. The van der Waals surface area contributed by atoms with Crippen LogP contribution in [-0.2, 0) is 16.0 Å². The summed E-state index contributed by atoms with van der Waals surface area (Å²) >= 11 is 1.34. The van der Waals surface area contributed by atoms with E-state index in [2.05, 4.69) is 40.0 Å².